The summed E-state index contributed by atoms with van der Waals surface area (Å²) in [6.07, 6.45) is 3.72. The molecule has 29 heavy (non-hydrogen) atoms. The largest absolute Gasteiger partial charge is 0.506 e. The van der Waals surface area contributed by atoms with Crippen LogP contribution in [0.1, 0.15) is 38.7 Å². The molecule has 5 heteroatoms. The van der Waals surface area contributed by atoms with Crippen LogP contribution in [0.2, 0.25) is 0 Å². The van der Waals surface area contributed by atoms with E-state index in [2.05, 4.69) is 24.9 Å². The molecule has 0 bridgehead atoms. The van der Waals surface area contributed by atoms with Crippen LogP contribution in [0.4, 0.5) is 0 Å². The van der Waals surface area contributed by atoms with Crippen LogP contribution in [-0.2, 0) is 0 Å². The Morgan fingerprint density at radius 1 is 1.10 bits per heavy atom. The summed E-state index contributed by atoms with van der Waals surface area (Å²) in [5.41, 5.74) is 1.97. The molecule has 1 aliphatic carbocycles. The molecule has 0 saturated heterocycles. The van der Waals surface area contributed by atoms with E-state index in [-0.39, 0.29) is 5.75 Å². The van der Waals surface area contributed by atoms with Crippen LogP contribution in [0.15, 0.2) is 59.6 Å². The van der Waals surface area contributed by atoms with Gasteiger partial charge in [0.05, 0.1) is 11.1 Å². The molecule has 2 aliphatic rings. The highest BCUT2D eigenvalue weighted by Crippen LogP contribution is 2.48. The Morgan fingerprint density at radius 3 is 2.83 bits per heavy atom. The SMILES string of the molecule is CC1(C)CCC[C@@H]2N=C(c3cccc(Oc4ccc5cccc(O)c5n4)c3)S[C@H]21. The first-order valence-corrected chi connectivity index (χ1v) is 11.0. The molecule has 2 aromatic carbocycles. The summed E-state index contributed by atoms with van der Waals surface area (Å²) in [7, 11) is 0. The minimum atomic E-state index is 0.156. The van der Waals surface area contributed by atoms with Gasteiger partial charge in [-0.1, -0.05) is 44.5 Å². The summed E-state index contributed by atoms with van der Waals surface area (Å²) < 4.78 is 6.01. The van der Waals surface area contributed by atoms with Crippen LogP contribution in [0.25, 0.3) is 10.9 Å². The van der Waals surface area contributed by atoms with Crippen molar-refractivity contribution >= 4 is 27.7 Å². The molecule has 0 spiro atoms. The topological polar surface area (TPSA) is 54.7 Å². The molecule has 1 aliphatic heterocycles. The summed E-state index contributed by atoms with van der Waals surface area (Å²) in [6.45, 7) is 4.74. The molecule has 0 radical (unpaired) electrons. The maximum absolute atomic E-state index is 10.1. The first kappa shape index (κ1) is 18.5. The fourth-order valence-electron chi connectivity index (χ4n) is 4.38. The van der Waals surface area contributed by atoms with E-state index in [1.54, 1.807) is 6.07 Å². The second-order valence-electron chi connectivity index (χ2n) is 8.55. The number of aliphatic imine (C=N–C) groups is 1. The molecule has 3 aromatic rings. The van der Waals surface area contributed by atoms with Crippen LogP contribution < -0.4 is 4.74 Å². The van der Waals surface area contributed by atoms with Gasteiger partial charge in [0.2, 0.25) is 5.88 Å². The lowest BCUT2D eigenvalue weighted by atomic mass is 9.75. The second-order valence-corrected chi connectivity index (χ2v) is 9.68. The number of fused-ring (bicyclic) bond motifs is 2. The molecule has 4 nitrogen and oxygen atoms in total. The number of para-hydroxylation sites is 1. The van der Waals surface area contributed by atoms with E-state index < -0.39 is 0 Å². The molecule has 0 unspecified atom stereocenters. The second kappa shape index (κ2) is 7.06. The Morgan fingerprint density at radius 2 is 1.97 bits per heavy atom. The molecule has 2 heterocycles. The number of aromatic hydroxyl groups is 1. The standard InChI is InChI=1S/C24H24N2O2S/c1-24(2)13-5-9-18-22(24)29-23(25-18)16-7-3-8-17(14-16)28-20-12-11-15-6-4-10-19(27)21(15)26-20/h3-4,6-8,10-12,14,18,22,27H,5,9,13H2,1-2H3/t18-,22+/m0/s1. The predicted molar refractivity (Wildman–Crippen MR) is 119 cm³/mol. The highest BCUT2D eigenvalue weighted by Gasteiger charge is 2.43. The third-order valence-corrected chi connectivity index (χ3v) is 7.71. The van der Waals surface area contributed by atoms with E-state index in [1.807, 2.05) is 54.2 Å². The lowest BCUT2D eigenvalue weighted by Gasteiger charge is -2.38. The van der Waals surface area contributed by atoms with Gasteiger partial charge >= 0.3 is 0 Å². The monoisotopic (exact) mass is 404 g/mol. The van der Waals surface area contributed by atoms with Crippen molar-refractivity contribution in [3.8, 4) is 17.4 Å². The first-order chi connectivity index (χ1) is 14.0. The maximum Gasteiger partial charge on any atom is 0.219 e. The van der Waals surface area contributed by atoms with Crippen LogP contribution >= 0.6 is 11.8 Å². The van der Waals surface area contributed by atoms with Crippen LogP contribution in [0.5, 0.6) is 17.4 Å². The molecular formula is C24H24N2O2S. The highest BCUT2D eigenvalue weighted by atomic mass is 32.2. The molecular weight excluding hydrogens is 380 g/mol. The molecule has 148 valence electrons. The van der Waals surface area contributed by atoms with Crippen LogP contribution in [0, 0.1) is 5.41 Å². The van der Waals surface area contributed by atoms with Crippen molar-refractivity contribution in [1.82, 2.24) is 4.98 Å². The molecule has 1 N–H and O–H groups in total. The average Bonchev–Trinajstić information content (AvgIpc) is 3.15. The number of aromatic nitrogens is 1. The molecule has 2 atom stereocenters. The van der Waals surface area contributed by atoms with E-state index in [1.165, 1.54) is 19.3 Å². The lowest BCUT2D eigenvalue weighted by Crippen LogP contribution is -2.37. The van der Waals surface area contributed by atoms with E-state index in [4.69, 9.17) is 9.73 Å². The minimum absolute atomic E-state index is 0.156. The zero-order valence-electron chi connectivity index (χ0n) is 16.6. The Balaban J connectivity index is 1.40. The Labute approximate surface area is 175 Å². The van der Waals surface area contributed by atoms with Gasteiger partial charge in [-0.3, -0.25) is 4.99 Å². The smallest absolute Gasteiger partial charge is 0.219 e. The van der Waals surface area contributed by atoms with E-state index in [0.29, 0.717) is 28.1 Å². The quantitative estimate of drug-likeness (QED) is 0.567. The highest BCUT2D eigenvalue weighted by molar-refractivity contribution is 8.15. The third-order valence-electron chi connectivity index (χ3n) is 5.94. The number of hydrogen-bond acceptors (Lipinski definition) is 5. The van der Waals surface area contributed by atoms with Crippen molar-refractivity contribution < 1.29 is 9.84 Å². The number of phenols is 1. The number of rotatable bonds is 3. The molecule has 0 amide bonds. The van der Waals surface area contributed by atoms with E-state index in [0.717, 1.165) is 21.7 Å². The van der Waals surface area contributed by atoms with Gasteiger partial charge in [0.25, 0.3) is 0 Å². The summed E-state index contributed by atoms with van der Waals surface area (Å²) in [5.74, 6) is 1.35. The number of benzene rings is 2. The van der Waals surface area contributed by atoms with E-state index in [9.17, 15) is 5.11 Å². The summed E-state index contributed by atoms with van der Waals surface area (Å²) >= 11 is 1.92. The minimum Gasteiger partial charge on any atom is -0.506 e. The normalized spacial score (nSPS) is 22.9. The molecule has 1 fully saturated rings. The summed E-state index contributed by atoms with van der Waals surface area (Å²) in [4.78, 5) is 9.52. The van der Waals surface area contributed by atoms with Gasteiger partial charge in [-0.2, -0.15) is 0 Å². The number of nitrogens with zero attached hydrogens (tertiary/aromatic N) is 2. The Hall–Kier alpha value is -2.53. The van der Waals surface area contributed by atoms with Crippen molar-refractivity contribution in [1.29, 1.82) is 0 Å². The Kier molecular flexibility index (Phi) is 4.50. The van der Waals surface area contributed by atoms with Gasteiger partial charge in [0, 0.05) is 22.3 Å². The molecule has 1 saturated carbocycles. The van der Waals surface area contributed by atoms with Crippen molar-refractivity contribution in [2.45, 2.75) is 44.4 Å². The maximum atomic E-state index is 10.1. The number of pyridine rings is 1. The van der Waals surface area contributed by atoms with Gasteiger partial charge in [-0.05, 0) is 42.5 Å². The van der Waals surface area contributed by atoms with Gasteiger partial charge in [0.15, 0.2) is 0 Å². The van der Waals surface area contributed by atoms with Gasteiger partial charge in [0.1, 0.15) is 17.0 Å². The molecule has 5 rings (SSSR count). The van der Waals surface area contributed by atoms with Crippen molar-refractivity contribution in [2.24, 2.45) is 10.4 Å². The number of thioether (sulfide) groups is 1. The van der Waals surface area contributed by atoms with Crippen LogP contribution in [0.3, 0.4) is 0 Å². The van der Waals surface area contributed by atoms with Crippen molar-refractivity contribution in [3.05, 3.63) is 60.2 Å². The zero-order valence-corrected chi connectivity index (χ0v) is 17.4. The zero-order chi connectivity index (χ0) is 20.0. The lowest BCUT2D eigenvalue weighted by molar-refractivity contribution is 0.237. The first-order valence-electron chi connectivity index (χ1n) is 10.1. The number of phenolic OH excluding ortho intramolecular Hbond substituents is 1. The Bertz CT molecular complexity index is 1110. The fraction of sp³-hybridized carbons (Fsp3) is 0.333. The summed E-state index contributed by atoms with van der Waals surface area (Å²) in [5, 5.41) is 12.6. The third kappa shape index (κ3) is 3.48. The van der Waals surface area contributed by atoms with Gasteiger partial charge in [-0.25, -0.2) is 4.98 Å². The van der Waals surface area contributed by atoms with Crippen molar-refractivity contribution in [2.75, 3.05) is 0 Å². The molecule has 1 aromatic heterocycles. The average molecular weight is 405 g/mol. The predicted octanol–water partition coefficient (Wildman–Crippen LogP) is 6.17. The van der Waals surface area contributed by atoms with Gasteiger partial charge in [-0.15, -0.1) is 11.8 Å². The number of hydrogen-bond donors (Lipinski definition) is 1. The van der Waals surface area contributed by atoms with Gasteiger partial charge < -0.3 is 9.84 Å². The fourth-order valence-corrected chi connectivity index (χ4v) is 5.87. The van der Waals surface area contributed by atoms with Crippen LogP contribution in [-0.4, -0.2) is 26.4 Å². The number of ether oxygens (including phenoxy) is 1. The summed E-state index contributed by atoms with van der Waals surface area (Å²) in [6, 6.07) is 17.6. The van der Waals surface area contributed by atoms with Crippen molar-refractivity contribution in [3.63, 3.8) is 0 Å². The van der Waals surface area contributed by atoms with E-state index >= 15 is 0 Å².